The van der Waals surface area contributed by atoms with Crippen molar-refractivity contribution >= 4 is 52.6 Å². The average Bonchev–Trinajstić information content (AvgIpc) is 2.57. The van der Waals surface area contributed by atoms with Crippen molar-refractivity contribution in [2.24, 2.45) is 5.10 Å². The first-order valence-electron chi connectivity index (χ1n) is 6.72. The zero-order chi connectivity index (χ0) is 17.5. The predicted molar refractivity (Wildman–Crippen MR) is 101 cm³/mol. The van der Waals surface area contributed by atoms with Crippen molar-refractivity contribution < 1.29 is 4.92 Å². The van der Waals surface area contributed by atoms with E-state index in [2.05, 4.69) is 15.8 Å². The van der Waals surface area contributed by atoms with Crippen molar-refractivity contribution in [3.63, 3.8) is 0 Å². The van der Waals surface area contributed by atoms with Gasteiger partial charge in [-0.25, -0.2) is 0 Å². The average molecular weight is 381 g/mol. The summed E-state index contributed by atoms with van der Waals surface area (Å²) in [6.07, 6.45) is 1.47. The highest BCUT2D eigenvalue weighted by Crippen LogP contribution is 2.35. The van der Waals surface area contributed by atoms with Crippen molar-refractivity contribution in [1.82, 2.24) is 10.7 Å². The largest absolute Gasteiger partial charge is 0.364 e. The summed E-state index contributed by atoms with van der Waals surface area (Å²) >= 11 is 12.0. The first-order valence-corrected chi connectivity index (χ1v) is 8.32. The fraction of sp³-hybridized carbons (Fsp3) is 0.0667. The molecule has 0 amide bonds. The fourth-order valence-electron chi connectivity index (χ4n) is 1.69. The fourth-order valence-corrected chi connectivity index (χ4v) is 2.77. The second kappa shape index (κ2) is 8.62. The van der Waals surface area contributed by atoms with Gasteiger partial charge in [-0.3, -0.25) is 15.5 Å². The van der Waals surface area contributed by atoms with Crippen LogP contribution in [0, 0.1) is 10.1 Å². The summed E-state index contributed by atoms with van der Waals surface area (Å²) < 4.78 is 0. The topological polar surface area (TPSA) is 79.6 Å². The van der Waals surface area contributed by atoms with Gasteiger partial charge in [-0.1, -0.05) is 29.4 Å². The Morgan fingerprint density at radius 3 is 2.67 bits per heavy atom. The molecule has 0 spiro atoms. The molecule has 0 bridgehead atoms. The molecule has 0 saturated heterocycles. The summed E-state index contributed by atoms with van der Waals surface area (Å²) in [4.78, 5) is 12.3. The van der Waals surface area contributed by atoms with E-state index in [1.807, 2.05) is 12.1 Å². The van der Waals surface area contributed by atoms with E-state index < -0.39 is 4.92 Å². The van der Waals surface area contributed by atoms with Gasteiger partial charge in [-0.2, -0.15) is 5.10 Å². The van der Waals surface area contributed by atoms with Crippen molar-refractivity contribution in [2.75, 3.05) is 7.05 Å². The summed E-state index contributed by atoms with van der Waals surface area (Å²) in [5, 5.41) is 18.9. The summed E-state index contributed by atoms with van der Waals surface area (Å²) in [5.41, 5.74) is 3.19. The number of nitrogens with zero attached hydrogens (tertiary/aromatic N) is 2. The molecule has 24 heavy (non-hydrogen) atoms. The maximum Gasteiger partial charge on any atom is 0.283 e. The lowest BCUT2D eigenvalue weighted by Gasteiger charge is -2.04. The molecular formula is C15H13ClN4O2S2. The highest BCUT2D eigenvalue weighted by molar-refractivity contribution is 7.99. The lowest BCUT2D eigenvalue weighted by molar-refractivity contribution is -0.387. The Morgan fingerprint density at radius 1 is 1.33 bits per heavy atom. The van der Waals surface area contributed by atoms with Gasteiger partial charge >= 0.3 is 0 Å². The van der Waals surface area contributed by atoms with Gasteiger partial charge < -0.3 is 5.32 Å². The van der Waals surface area contributed by atoms with Gasteiger partial charge in [-0.15, -0.1) is 0 Å². The van der Waals surface area contributed by atoms with Crippen molar-refractivity contribution in [2.45, 2.75) is 9.79 Å². The van der Waals surface area contributed by atoms with Gasteiger partial charge in [0.2, 0.25) is 0 Å². The molecule has 0 fully saturated rings. The molecule has 2 aromatic carbocycles. The van der Waals surface area contributed by atoms with Crippen molar-refractivity contribution in [3.8, 4) is 0 Å². The van der Waals surface area contributed by atoms with Crippen LogP contribution < -0.4 is 10.7 Å². The molecule has 2 aromatic rings. The second-order valence-electron chi connectivity index (χ2n) is 4.49. The van der Waals surface area contributed by atoms with Crippen LogP contribution in [0.2, 0.25) is 5.02 Å². The van der Waals surface area contributed by atoms with Crippen molar-refractivity contribution in [1.29, 1.82) is 0 Å². The molecule has 0 unspecified atom stereocenters. The number of thiocarbonyl (C=S) groups is 1. The molecule has 0 atom stereocenters. The molecule has 0 aliphatic rings. The van der Waals surface area contributed by atoms with Crippen LogP contribution in [-0.2, 0) is 0 Å². The molecular weight excluding hydrogens is 368 g/mol. The number of hydrogen-bond donors (Lipinski definition) is 2. The number of halogens is 1. The Bertz CT molecular complexity index is 782. The standard InChI is InChI=1S/C15H13ClN4O2S2/c1-17-15(23)19-18-9-10-2-7-14(13(8-10)20(21)22)24-12-5-3-11(16)4-6-12/h2-9H,1H3,(H2,17,19,23). The number of hydrazone groups is 1. The lowest BCUT2D eigenvalue weighted by Crippen LogP contribution is -2.28. The summed E-state index contributed by atoms with van der Waals surface area (Å²) in [6.45, 7) is 0. The van der Waals surface area contributed by atoms with Gasteiger partial charge in [0.15, 0.2) is 5.11 Å². The summed E-state index contributed by atoms with van der Waals surface area (Å²) in [7, 11) is 1.67. The van der Waals surface area contributed by atoms with Gasteiger partial charge in [-0.05, 0) is 42.5 Å². The number of nitro benzene ring substituents is 1. The Hall–Kier alpha value is -2.16. The molecule has 0 heterocycles. The minimum atomic E-state index is -0.415. The minimum Gasteiger partial charge on any atom is -0.364 e. The first kappa shape index (κ1) is 18.2. The number of benzene rings is 2. The number of rotatable bonds is 5. The van der Waals surface area contributed by atoms with E-state index in [-0.39, 0.29) is 5.69 Å². The van der Waals surface area contributed by atoms with Gasteiger partial charge in [0.05, 0.1) is 16.0 Å². The normalized spacial score (nSPS) is 10.6. The molecule has 2 rings (SSSR count). The van der Waals surface area contributed by atoms with Crippen LogP contribution in [-0.4, -0.2) is 23.3 Å². The Labute approximate surface area is 153 Å². The highest BCUT2D eigenvalue weighted by Gasteiger charge is 2.15. The first-order chi connectivity index (χ1) is 11.5. The zero-order valence-electron chi connectivity index (χ0n) is 12.5. The molecule has 0 aliphatic carbocycles. The van der Waals surface area contributed by atoms with Gasteiger partial charge in [0.25, 0.3) is 5.69 Å². The SMILES string of the molecule is CNC(=S)NN=Cc1ccc(Sc2ccc(Cl)cc2)c([N+](=O)[O-])c1. The monoisotopic (exact) mass is 380 g/mol. The Kier molecular flexibility index (Phi) is 6.53. The van der Waals surface area contributed by atoms with Crippen LogP contribution in [0.25, 0.3) is 0 Å². The Morgan fingerprint density at radius 2 is 2.04 bits per heavy atom. The number of nitrogens with one attached hydrogen (secondary N) is 2. The van der Waals surface area contributed by atoms with E-state index >= 15 is 0 Å². The second-order valence-corrected chi connectivity index (χ2v) is 6.45. The Balaban J connectivity index is 2.21. The van der Waals surface area contributed by atoms with Crippen LogP contribution in [0.3, 0.4) is 0 Å². The van der Waals surface area contributed by atoms with E-state index in [1.165, 1.54) is 24.0 Å². The van der Waals surface area contributed by atoms with Crippen LogP contribution in [0.1, 0.15) is 5.56 Å². The molecule has 6 nitrogen and oxygen atoms in total. The molecule has 0 aromatic heterocycles. The summed E-state index contributed by atoms with van der Waals surface area (Å²) in [5.74, 6) is 0. The minimum absolute atomic E-state index is 0.00935. The molecule has 0 radical (unpaired) electrons. The van der Waals surface area contributed by atoms with E-state index in [4.69, 9.17) is 23.8 Å². The molecule has 0 aliphatic heterocycles. The molecule has 2 N–H and O–H groups in total. The zero-order valence-corrected chi connectivity index (χ0v) is 14.9. The van der Waals surface area contributed by atoms with E-state index in [9.17, 15) is 10.1 Å². The van der Waals surface area contributed by atoms with Crippen LogP contribution in [0.4, 0.5) is 5.69 Å². The molecule has 0 saturated carbocycles. The smallest absolute Gasteiger partial charge is 0.283 e. The predicted octanol–water partition coefficient (Wildman–Crippen LogP) is 3.83. The third kappa shape index (κ3) is 5.19. The molecule has 124 valence electrons. The molecule has 9 heteroatoms. The lowest BCUT2D eigenvalue weighted by atomic mass is 10.2. The van der Waals surface area contributed by atoms with E-state index in [0.717, 1.165) is 4.90 Å². The third-order valence-electron chi connectivity index (χ3n) is 2.83. The van der Waals surface area contributed by atoms with Gasteiger partial charge in [0, 0.05) is 28.6 Å². The highest BCUT2D eigenvalue weighted by atomic mass is 35.5. The maximum absolute atomic E-state index is 11.3. The van der Waals surface area contributed by atoms with E-state index in [1.54, 1.807) is 31.3 Å². The maximum atomic E-state index is 11.3. The van der Waals surface area contributed by atoms with Crippen molar-refractivity contribution in [3.05, 3.63) is 63.2 Å². The summed E-state index contributed by atoms with van der Waals surface area (Å²) in [6, 6.07) is 12.0. The number of nitro groups is 1. The third-order valence-corrected chi connectivity index (χ3v) is 4.45. The van der Waals surface area contributed by atoms with E-state index in [0.29, 0.717) is 20.6 Å². The van der Waals surface area contributed by atoms with Gasteiger partial charge in [0.1, 0.15) is 0 Å². The quantitative estimate of drug-likeness (QED) is 0.355. The van der Waals surface area contributed by atoms with Crippen LogP contribution >= 0.6 is 35.6 Å². The van der Waals surface area contributed by atoms with Crippen LogP contribution in [0.5, 0.6) is 0 Å². The van der Waals surface area contributed by atoms with Crippen LogP contribution in [0.15, 0.2) is 57.4 Å². The number of hydrogen-bond acceptors (Lipinski definition) is 5.